The molecule has 1 N–H and O–H groups in total. The van der Waals surface area contributed by atoms with E-state index in [0.29, 0.717) is 17.4 Å². The summed E-state index contributed by atoms with van der Waals surface area (Å²) in [6, 6.07) is 0. The van der Waals surface area contributed by atoms with Crippen LogP contribution in [0.25, 0.3) is 0 Å². The number of carboxylic acid groups (broad SMARTS) is 1. The van der Waals surface area contributed by atoms with Gasteiger partial charge in [-0.1, -0.05) is 261 Å². The summed E-state index contributed by atoms with van der Waals surface area (Å²) in [6.07, 6.45) is 73.2. The van der Waals surface area contributed by atoms with Gasteiger partial charge >= 0.3 is 17.9 Å². The fourth-order valence-corrected chi connectivity index (χ4v) is 9.23. The zero-order chi connectivity index (χ0) is 56.2. The van der Waals surface area contributed by atoms with Gasteiger partial charge in [0.1, 0.15) is 13.2 Å². The number of esters is 2. The number of quaternary nitrogens is 1. The standard InChI is InChI=1S/C68H123NO8/c1-6-8-10-12-14-16-18-20-22-24-26-27-28-29-30-31-32-33-34-35-36-37-38-39-41-43-45-47-49-51-53-55-57-59-66(71)77-64(63-76-68(67(72)73)74-61-60-69(3,4)5)62-75-65(70)58-56-54-52-50-48-46-44-42-40-25-23-21-19-17-15-13-11-9-7-2/h15,17-18,20-21,23-24,26,28-29,64,68H,6-14,16,19,22,25,27,30-63H2,1-5H3/p+1/b17-15-,20-18-,23-21-,26-24-,29-28-. The molecule has 77 heavy (non-hydrogen) atoms. The van der Waals surface area contributed by atoms with Crippen molar-refractivity contribution in [3.8, 4) is 0 Å². The van der Waals surface area contributed by atoms with E-state index in [9.17, 15) is 19.5 Å². The highest BCUT2D eigenvalue weighted by Gasteiger charge is 2.25. The molecule has 0 aromatic carbocycles. The number of hydrogen-bond donors (Lipinski definition) is 1. The summed E-state index contributed by atoms with van der Waals surface area (Å²) < 4.78 is 22.9. The molecule has 0 saturated carbocycles. The van der Waals surface area contributed by atoms with E-state index < -0.39 is 24.3 Å². The number of unbranched alkanes of at least 4 members (excludes halogenated alkanes) is 35. The molecule has 0 fully saturated rings. The van der Waals surface area contributed by atoms with Crippen molar-refractivity contribution < 1.29 is 42.9 Å². The highest BCUT2D eigenvalue weighted by Crippen LogP contribution is 2.17. The lowest BCUT2D eigenvalue weighted by Crippen LogP contribution is -2.40. The van der Waals surface area contributed by atoms with Gasteiger partial charge in [-0.3, -0.25) is 9.59 Å². The third kappa shape index (κ3) is 60.5. The summed E-state index contributed by atoms with van der Waals surface area (Å²) in [7, 11) is 5.98. The molecule has 2 atom stereocenters. The summed E-state index contributed by atoms with van der Waals surface area (Å²) in [5.74, 6) is -2.00. The lowest BCUT2D eigenvalue weighted by atomic mass is 10.0. The van der Waals surface area contributed by atoms with Gasteiger partial charge in [0.25, 0.3) is 6.29 Å². The number of likely N-dealkylation sites (N-methyl/N-ethyl adjacent to an activating group) is 1. The molecule has 9 nitrogen and oxygen atoms in total. The van der Waals surface area contributed by atoms with Gasteiger partial charge in [0, 0.05) is 12.8 Å². The lowest BCUT2D eigenvalue weighted by molar-refractivity contribution is -0.870. The average molecular weight is 1080 g/mol. The second-order valence-corrected chi connectivity index (χ2v) is 23.1. The first-order chi connectivity index (χ1) is 37.6. The molecule has 0 rings (SSSR count). The Bertz CT molecular complexity index is 1450. The number of allylic oxidation sites excluding steroid dienone is 10. The van der Waals surface area contributed by atoms with Gasteiger partial charge in [-0.2, -0.15) is 0 Å². The maximum Gasteiger partial charge on any atom is 0.361 e. The predicted molar refractivity (Wildman–Crippen MR) is 327 cm³/mol. The van der Waals surface area contributed by atoms with Crippen LogP contribution in [0.1, 0.15) is 296 Å². The molecule has 448 valence electrons. The number of carbonyl (C=O) groups excluding carboxylic acids is 2. The Morgan fingerprint density at radius 3 is 1.06 bits per heavy atom. The number of aliphatic carboxylic acids is 1. The van der Waals surface area contributed by atoms with Crippen molar-refractivity contribution in [1.29, 1.82) is 0 Å². The molecule has 0 heterocycles. The van der Waals surface area contributed by atoms with Gasteiger partial charge in [-0.25, -0.2) is 4.79 Å². The molecule has 0 aliphatic heterocycles. The first-order valence-electron chi connectivity index (χ1n) is 32.5. The highest BCUT2D eigenvalue weighted by molar-refractivity contribution is 5.71. The van der Waals surface area contributed by atoms with E-state index >= 15 is 0 Å². The molecule has 0 aliphatic rings. The van der Waals surface area contributed by atoms with Crippen molar-refractivity contribution in [3.05, 3.63) is 60.8 Å². The summed E-state index contributed by atoms with van der Waals surface area (Å²) in [5, 5.41) is 9.72. The van der Waals surface area contributed by atoms with Crippen molar-refractivity contribution in [2.45, 2.75) is 309 Å². The molecule has 0 aliphatic carbocycles. The Morgan fingerprint density at radius 2 is 0.701 bits per heavy atom. The third-order valence-electron chi connectivity index (χ3n) is 14.2. The molecule has 0 amide bonds. The van der Waals surface area contributed by atoms with Crippen molar-refractivity contribution in [1.82, 2.24) is 0 Å². The fraction of sp³-hybridized carbons (Fsp3) is 0.809. The minimum Gasteiger partial charge on any atom is -0.477 e. The van der Waals surface area contributed by atoms with Crippen LogP contribution in [0.2, 0.25) is 0 Å². The van der Waals surface area contributed by atoms with Crippen LogP contribution in [0.4, 0.5) is 0 Å². The minimum absolute atomic E-state index is 0.183. The molecule has 0 bridgehead atoms. The molecule has 0 spiro atoms. The van der Waals surface area contributed by atoms with E-state index in [4.69, 9.17) is 18.9 Å². The Balaban J connectivity index is 4.10. The molecule has 9 heteroatoms. The quantitative estimate of drug-likeness (QED) is 0.0211. The van der Waals surface area contributed by atoms with Gasteiger partial charge < -0.3 is 28.5 Å². The first kappa shape index (κ1) is 74.0. The fourth-order valence-electron chi connectivity index (χ4n) is 9.23. The first-order valence-corrected chi connectivity index (χ1v) is 32.5. The van der Waals surface area contributed by atoms with Crippen LogP contribution < -0.4 is 0 Å². The summed E-state index contributed by atoms with van der Waals surface area (Å²) in [4.78, 5) is 37.5. The number of carbonyl (C=O) groups is 3. The largest absolute Gasteiger partial charge is 0.477 e. The zero-order valence-corrected chi connectivity index (χ0v) is 51.1. The highest BCUT2D eigenvalue weighted by atomic mass is 16.7. The SMILES string of the molecule is CCCCC/C=C\C/C=C\CCCCCCCCCCCC(=O)OCC(COC(OCC[N+](C)(C)C)C(=O)O)OC(=O)CCCCCCCCCCCCCCCCCCCC/C=C\C/C=C\C/C=C\CCCCCCC. The smallest absolute Gasteiger partial charge is 0.361 e. The molecule has 0 aromatic heterocycles. The van der Waals surface area contributed by atoms with Crippen molar-refractivity contribution in [3.63, 3.8) is 0 Å². The van der Waals surface area contributed by atoms with Crippen LogP contribution in [0, 0.1) is 0 Å². The Labute approximate surface area is 475 Å². The number of carboxylic acids is 1. The lowest BCUT2D eigenvalue weighted by Gasteiger charge is -2.25. The summed E-state index contributed by atoms with van der Waals surface area (Å²) in [5.41, 5.74) is 0. The molecular weight excluding hydrogens is 959 g/mol. The summed E-state index contributed by atoms with van der Waals surface area (Å²) >= 11 is 0. The van der Waals surface area contributed by atoms with E-state index in [1.54, 1.807) is 0 Å². The normalized spacial score (nSPS) is 13.1. The Morgan fingerprint density at radius 1 is 0.390 bits per heavy atom. The maximum absolute atomic E-state index is 12.9. The van der Waals surface area contributed by atoms with Crippen molar-refractivity contribution >= 4 is 17.9 Å². The molecule has 0 saturated heterocycles. The van der Waals surface area contributed by atoms with E-state index in [1.807, 2.05) is 21.1 Å². The Kier molecular flexibility index (Phi) is 56.8. The van der Waals surface area contributed by atoms with Crippen LogP contribution in [0.3, 0.4) is 0 Å². The van der Waals surface area contributed by atoms with Gasteiger partial charge in [-0.05, 0) is 83.5 Å². The topological polar surface area (TPSA) is 108 Å². The van der Waals surface area contributed by atoms with Gasteiger partial charge in [0.15, 0.2) is 6.10 Å². The van der Waals surface area contributed by atoms with Gasteiger partial charge in [0.2, 0.25) is 0 Å². The maximum atomic E-state index is 12.9. The number of nitrogens with zero attached hydrogens (tertiary/aromatic N) is 1. The average Bonchev–Trinajstić information content (AvgIpc) is 3.40. The molecule has 0 aromatic rings. The second kappa shape index (κ2) is 59.1. The monoisotopic (exact) mass is 1080 g/mol. The number of hydrogen-bond acceptors (Lipinski definition) is 7. The van der Waals surface area contributed by atoms with E-state index in [1.165, 1.54) is 212 Å². The second-order valence-electron chi connectivity index (χ2n) is 23.1. The van der Waals surface area contributed by atoms with Crippen LogP contribution in [-0.4, -0.2) is 87.4 Å². The summed E-state index contributed by atoms with van der Waals surface area (Å²) in [6.45, 7) is 4.87. The third-order valence-corrected chi connectivity index (χ3v) is 14.2. The van der Waals surface area contributed by atoms with Crippen LogP contribution in [0.15, 0.2) is 60.8 Å². The zero-order valence-electron chi connectivity index (χ0n) is 51.1. The van der Waals surface area contributed by atoms with E-state index in [2.05, 4.69) is 74.6 Å². The van der Waals surface area contributed by atoms with Crippen molar-refractivity contribution in [2.75, 3.05) is 47.5 Å². The predicted octanol–water partition coefficient (Wildman–Crippen LogP) is 19.6. The van der Waals surface area contributed by atoms with Gasteiger partial charge in [-0.15, -0.1) is 0 Å². The van der Waals surface area contributed by atoms with E-state index in [-0.39, 0.29) is 32.2 Å². The number of rotatable bonds is 60. The van der Waals surface area contributed by atoms with Crippen LogP contribution in [0.5, 0.6) is 0 Å². The Hall–Kier alpha value is -3.01. The number of ether oxygens (including phenoxy) is 4. The molecular formula is C68H124NO8+. The van der Waals surface area contributed by atoms with Crippen LogP contribution >= 0.6 is 0 Å². The minimum atomic E-state index is -1.51. The van der Waals surface area contributed by atoms with Crippen molar-refractivity contribution in [2.24, 2.45) is 0 Å². The molecule has 0 radical (unpaired) electrons. The van der Waals surface area contributed by atoms with E-state index in [0.717, 1.165) is 57.8 Å². The van der Waals surface area contributed by atoms with Gasteiger partial charge in [0.05, 0.1) is 34.4 Å². The molecule has 2 unspecified atom stereocenters. The van der Waals surface area contributed by atoms with Crippen LogP contribution in [-0.2, 0) is 33.3 Å².